The Balaban J connectivity index is 1.70. The van der Waals surface area contributed by atoms with Gasteiger partial charge in [0, 0.05) is 17.1 Å². The summed E-state index contributed by atoms with van der Waals surface area (Å²) in [6, 6.07) is 15.2. The molecule has 0 aliphatic rings. The number of nitrogens with zero attached hydrogens (tertiary/aromatic N) is 3. The van der Waals surface area contributed by atoms with Gasteiger partial charge in [-0.2, -0.15) is 5.10 Å². The highest BCUT2D eigenvalue weighted by atomic mass is 32.1. The van der Waals surface area contributed by atoms with E-state index in [2.05, 4.69) is 15.4 Å². The molecule has 1 N–H and O–H groups in total. The first-order valence-electron chi connectivity index (χ1n) is 10.2. The molecular formula is C24H22N4O4S. The molecular weight excluding hydrogens is 440 g/mol. The molecule has 0 radical (unpaired) electrons. The standard InChI is InChI=1S/C24H22N4O4S/c1-4-32-23(30)20-14-33-24(25-20)26-22(29)19-13-28(17-10-8-15(2)9-11-17)27-21(19)16-6-5-7-18(12-16)31-3/h5-14H,4H2,1-3H3,(H,25,26,29). The third-order valence-corrected chi connectivity index (χ3v) is 5.57. The number of hydrogen-bond acceptors (Lipinski definition) is 7. The van der Waals surface area contributed by atoms with Crippen LogP contribution in [-0.2, 0) is 4.74 Å². The lowest BCUT2D eigenvalue weighted by atomic mass is 10.1. The Morgan fingerprint density at radius 2 is 1.94 bits per heavy atom. The van der Waals surface area contributed by atoms with E-state index in [9.17, 15) is 9.59 Å². The number of esters is 1. The summed E-state index contributed by atoms with van der Waals surface area (Å²) >= 11 is 1.15. The second-order valence-corrected chi connectivity index (χ2v) is 7.97. The van der Waals surface area contributed by atoms with Crippen LogP contribution in [0.2, 0.25) is 0 Å². The van der Waals surface area contributed by atoms with Crippen LogP contribution in [0.5, 0.6) is 5.75 Å². The smallest absolute Gasteiger partial charge is 0.357 e. The van der Waals surface area contributed by atoms with Crippen LogP contribution in [-0.4, -0.2) is 40.4 Å². The molecule has 0 bridgehead atoms. The molecule has 0 aliphatic carbocycles. The Labute approximate surface area is 194 Å². The van der Waals surface area contributed by atoms with Gasteiger partial charge in [-0.1, -0.05) is 29.8 Å². The Hall–Kier alpha value is -3.98. The molecule has 4 aromatic rings. The fourth-order valence-electron chi connectivity index (χ4n) is 3.15. The number of rotatable bonds is 7. The monoisotopic (exact) mass is 462 g/mol. The molecule has 33 heavy (non-hydrogen) atoms. The number of nitrogens with one attached hydrogen (secondary N) is 1. The van der Waals surface area contributed by atoms with Gasteiger partial charge in [0.25, 0.3) is 5.91 Å². The molecule has 1 amide bonds. The molecule has 2 heterocycles. The highest BCUT2D eigenvalue weighted by molar-refractivity contribution is 7.14. The van der Waals surface area contributed by atoms with Crippen LogP contribution in [0.15, 0.2) is 60.1 Å². The van der Waals surface area contributed by atoms with Gasteiger partial charge >= 0.3 is 5.97 Å². The van der Waals surface area contributed by atoms with Crippen molar-refractivity contribution < 1.29 is 19.1 Å². The Bertz CT molecular complexity index is 1290. The predicted molar refractivity (Wildman–Crippen MR) is 126 cm³/mol. The number of ether oxygens (including phenoxy) is 2. The summed E-state index contributed by atoms with van der Waals surface area (Å²) in [7, 11) is 1.58. The zero-order valence-electron chi connectivity index (χ0n) is 18.4. The number of aryl methyl sites for hydroxylation is 1. The van der Waals surface area contributed by atoms with Crippen molar-refractivity contribution in [1.29, 1.82) is 0 Å². The van der Waals surface area contributed by atoms with E-state index in [0.29, 0.717) is 22.1 Å². The first-order valence-corrected chi connectivity index (χ1v) is 11.1. The van der Waals surface area contributed by atoms with Crippen LogP contribution < -0.4 is 10.1 Å². The van der Waals surface area contributed by atoms with E-state index < -0.39 is 11.9 Å². The van der Waals surface area contributed by atoms with E-state index in [1.807, 2.05) is 55.5 Å². The van der Waals surface area contributed by atoms with Gasteiger partial charge in [-0.15, -0.1) is 11.3 Å². The summed E-state index contributed by atoms with van der Waals surface area (Å²) in [6.45, 7) is 3.98. The average molecular weight is 463 g/mol. The molecule has 0 spiro atoms. The molecule has 0 saturated heterocycles. The van der Waals surface area contributed by atoms with E-state index in [4.69, 9.17) is 9.47 Å². The molecule has 2 aromatic heterocycles. The van der Waals surface area contributed by atoms with Crippen molar-refractivity contribution >= 4 is 28.3 Å². The maximum absolute atomic E-state index is 13.2. The molecule has 2 aromatic carbocycles. The molecule has 4 rings (SSSR count). The lowest BCUT2D eigenvalue weighted by Crippen LogP contribution is -2.13. The van der Waals surface area contributed by atoms with Crippen molar-refractivity contribution in [2.75, 3.05) is 19.0 Å². The largest absolute Gasteiger partial charge is 0.497 e. The van der Waals surface area contributed by atoms with E-state index >= 15 is 0 Å². The maximum Gasteiger partial charge on any atom is 0.357 e. The lowest BCUT2D eigenvalue weighted by molar-refractivity contribution is 0.0520. The van der Waals surface area contributed by atoms with Gasteiger partial charge in [-0.25, -0.2) is 14.5 Å². The minimum atomic E-state index is -0.529. The molecule has 0 aliphatic heterocycles. The van der Waals surface area contributed by atoms with Crippen LogP contribution in [0.25, 0.3) is 16.9 Å². The number of benzene rings is 2. The molecule has 0 fully saturated rings. The van der Waals surface area contributed by atoms with Gasteiger partial charge in [0.2, 0.25) is 0 Å². The van der Waals surface area contributed by atoms with Crippen LogP contribution in [0.4, 0.5) is 5.13 Å². The number of aromatic nitrogens is 3. The SMILES string of the molecule is CCOC(=O)c1csc(NC(=O)c2cn(-c3ccc(C)cc3)nc2-c2cccc(OC)c2)n1. The number of carbonyl (C=O) groups excluding carboxylic acids is 2. The third kappa shape index (κ3) is 4.93. The van der Waals surface area contributed by atoms with E-state index in [1.54, 1.807) is 30.3 Å². The zero-order chi connectivity index (χ0) is 23.4. The van der Waals surface area contributed by atoms with Crippen molar-refractivity contribution in [1.82, 2.24) is 14.8 Å². The molecule has 0 unspecified atom stereocenters. The van der Waals surface area contributed by atoms with Crippen molar-refractivity contribution in [3.8, 4) is 22.7 Å². The predicted octanol–water partition coefficient (Wildman–Crippen LogP) is 4.74. The van der Waals surface area contributed by atoms with Crippen molar-refractivity contribution in [3.63, 3.8) is 0 Å². The fourth-order valence-corrected chi connectivity index (χ4v) is 3.82. The second-order valence-electron chi connectivity index (χ2n) is 7.12. The van der Waals surface area contributed by atoms with Crippen molar-refractivity contribution in [2.45, 2.75) is 13.8 Å². The number of thiazole rings is 1. The highest BCUT2D eigenvalue weighted by Gasteiger charge is 2.21. The number of anilines is 1. The van der Waals surface area contributed by atoms with E-state index in [-0.39, 0.29) is 12.3 Å². The minimum Gasteiger partial charge on any atom is -0.497 e. The lowest BCUT2D eigenvalue weighted by Gasteiger charge is -2.05. The molecule has 0 atom stereocenters. The number of amides is 1. The minimum absolute atomic E-state index is 0.153. The average Bonchev–Trinajstić information content (AvgIpc) is 3.47. The number of methoxy groups -OCH3 is 1. The molecule has 0 saturated carbocycles. The first kappa shape index (κ1) is 22.2. The summed E-state index contributed by atoms with van der Waals surface area (Å²) in [5.74, 6) is -0.266. The summed E-state index contributed by atoms with van der Waals surface area (Å²) in [6.07, 6.45) is 1.68. The summed E-state index contributed by atoms with van der Waals surface area (Å²) in [4.78, 5) is 29.3. The van der Waals surface area contributed by atoms with E-state index in [1.165, 1.54) is 0 Å². The summed E-state index contributed by atoms with van der Waals surface area (Å²) in [5.41, 5.74) is 3.68. The Kier molecular flexibility index (Phi) is 6.50. The fraction of sp³-hybridized carbons (Fsp3) is 0.167. The summed E-state index contributed by atoms with van der Waals surface area (Å²) < 4.78 is 12.0. The maximum atomic E-state index is 13.2. The topological polar surface area (TPSA) is 95.3 Å². The van der Waals surface area contributed by atoms with E-state index in [0.717, 1.165) is 28.2 Å². The molecule has 9 heteroatoms. The Morgan fingerprint density at radius 1 is 1.15 bits per heavy atom. The molecule has 8 nitrogen and oxygen atoms in total. The van der Waals surface area contributed by atoms with Crippen LogP contribution in [0.1, 0.15) is 33.3 Å². The van der Waals surface area contributed by atoms with Gasteiger partial charge in [0.15, 0.2) is 10.8 Å². The van der Waals surface area contributed by atoms with Crippen LogP contribution in [0, 0.1) is 6.92 Å². The zero-order valence-corrected chi connectivity index (χ0v) is 19.2. The number of hydrogen-bond donors (Lipinski definition) is 1. The van der Waals surface area contributed by atoms with Gasteiger partial charge in [-0.3, -0.25) is 10.1 Å². The second kappa shape index (κ2) is 9.66. The van der Waals surface area contributed by atoms with Gasteiger partial charge in [0.05, 0.1) is 25.0 Å². The van der Waals surface area contributed by atoms with Crippen LogP contribution in [0.3, 0.4) is 0 Å². The highest BCUT2D eigenvalue weighted by Crippen LogP contribution is 2.28. The van der Waals surface area contributed by atoms with Crippen LogP contribution >= 0.6 is 11.3 Å². The quantitative estimate of drug-likeness (QED) is 0.399. The number of carbonyl (C=O) groups is 2. The van der Waals surface area contributed by atoms with Crippen molar-refractivity contribution in [3.05, 3.63) is 76.9 Å². The Morgan fingerprint density at radius 3 is 2.67 bits per heavy atom. The third-order valence-electron chi connectivity index (χ3n) is 4.81. The van der Waals surface area contributed by atoms with Crippen molar-refractivity contribution in [2.24, 2.45) is 0 Å². The summed E-state index contributed by atoms with van der Waals surface area (Å²) in [5, 5.41) is 9.29. The normalized spacial score (nSPS) is 10.6. The molecule has 168 valence electrons. The first-order chi connectivity index (χ1) is 16.0. The van der Waals surface area contributed by atoms with Gasteiger partial charge < -0.3 is 9.47 Å². The van der Waals surface area contributed by atoms with Gasteiger partial charge in [-0.05, 0) is 38.1 Å². The van der Waals surface area contributed by atoms with Gasteiger partial charge in [0.1, 0.15) is 11.4 Å².